The Bertz CT molecular complexity index is 377. The molecule has 18 heavy (non-hydrogen) atoms. The van der Waals surface area contributed by atoms with Gasteiger partial charge in [0.25, 0.3) is 0 Å². The number of halogens is 1. The maximum Gasteiger partial charge on any atom is 0.0481 e. The highest BCUT2D eigenvalue weighted by Gasteiger charge is 2.25. The van der Waals surface area contributed by atoms with Crippen LogP contribution in [0.1, 0.15) is 37.8 Å². The summed E-state index contributed by atoms with van der Waals surface area (Å²) in [6.07, 6.45) is 4.19. The molecule has 100 valence electrons. The van der Waals surface area contributed by atoms with E-state index in [1.54, 1.807) is 0 Å². The van der Waals surface area contributed by atoms with Gasteiger partial charge in [0.2, 0.25) is 0 Å². The van der Waals surface area contributed by atoms with E-state index in [4.69, 9.17) is 5.73 Å². The Kier molecular flexibility index (Phi) is 5.22. The van der Waals surface area contributed by atoms with Crippen molar-refractivity contribution in [3.8, 4) is 0 Å². The number of rotatable bonds is 6. The molecule has 1 aromatic rings. The van der Waals surface area contributed by atoms with E-state index in [1.165, 1.54) is 35.8 Å². The molecule has 2 rings (SSSR count). The minimum absolute atomic E-state index is 0.339. The Labute approximate surface area is 119 Å². The molecule has 0 aromatic heterocycles. The van der Waals surface area contributed by atoms with Crippen molar-refractivity contribution in [1.82, 2.24) is 4.90 Å². The average Bonchev–Trinajstić information content (AvgIpc) is 2.33. The van der Waals surface area contributed by atoms with Crippen LogP contribution in [0.15, 0.2) is 28.7 Å². The smallest absolute Gasteiger partial charge is 0.0481 e. The molecule has 2 nitrogen and oxygen atoms in total. The molecule has 1 atom stereocenters. The van der Waals surface area contributed by atoms with Crippen LogP contribution in [-0.4, -0.2) is 24.5 Å². The minimum Gasteiger partial charge on any atom is -0.329 e. The van der Waals surface area contributed by atoms with Gasteiger partial charge in [0.1, 0.15) is 0 Å². The maximum absolute atomic E-state index is 6.02. The molecule has 3 heteroatoms. The van der Waals surface area contributed by atoms with E-state index in [0.717, 1.165) is 12.5 Å². The second-order valence-electron chi connectivity index (χ2n) is 5.16. The van der Waals surface area contributed by atoms with Crippen molar-refractivity contribution >= 4 is 15.9 Å². The number of nitrogens with zero attached hydrogens (tertiary/aromatic N) is 1. The van der Waals surface area contributed by atoms with Crippen molar-refractivity contribution in [3.63, 3.8) is 0 Å². The van der Waals surface area contributed by atoms with E-state index in [1.807, 2.05) is 0 Å². The standard InChI is InChI=1S/C15H23BrN2/c1-2-18(11-12-6-5-7-12)15(10-17)13-8-3-4-9-14(13)16/h3-4,8-9,12,15H,2,5-7,10-11,17H2,1H3. The summed E-state index contributed by atoms with van der Waals surface area (Å²) in [5.41, 5.74) is 7.34. The first kappa shape index (κ1) is 14.0. The molecule has 0 saturated heterocycles. The third-order valence-electron chi connectivity index (χ3n) is 4.05. The third-order valence-corrected chi connectivity index (χ3v) is 4.77. The Hall–Kier alpha value is -0.380. The highest BCUT2D eigenvalue weighted by atomic mass is 79.9. The van der Waals surface area contributed by atoms with E-state index < -0.39 is 0 Å². The number of benzene rings is 1. The van der Waals surface area contributed by atoms with Crippen LogP contribution < -0.4 is 5.73 Å². The SMILES string of the molecule is CCN(CC1CCC1)C(CN)c1ccccc1Br. The van der Waals surface area contributed by atoms with Crippen molar-refractivity contribution in [1.29, 1.82) is 0 Å². The van der Waals surface area contributed by atoms with E-state index in [0.29, 0.717) is 12.6 Å². The summed E-state index contributed by atoms with van der Waals surface area (Å²) in [5, 5.41) is 0. The Balaban J connectivity index is 2.12. The normalized spacial score (nSPS) is 17.8. The van der Waals surface area contributed by atoms with Crippen LogP contribution in [0.3, 0.4) is 0 Å². The summed E-state index contributed by atoms with van der Waals surface area (Å²) in [5.74, 6) is 0.890. The molecule has 1 aliphatic rings. The molecule has 0 spiro atoms. The lowest BCUT2D eigenvalue weighted by Gasteiger charge is -2.36. The zero-order valence-electron chi connectivity index (χ0n) is 11.1. The summed E-state index contributed by atoms with van der Waals surface area (Å²) in [6.45, 7) is 5.18. The van der Waals surface area contributed by atoms with E-state index in [9.17, 15) is 0 Å². The van der Waals surface area contributed by atoms with Gasteiger partial charge >= 0.3 is 0 Å². The lowest BCUT2D eigenvalue weighted by atomic mass is 9.84. The molecule has 0 amide bonds. The summed E-state index contributed by atoms with van der Waals surface area (Å²) in [4.78, 5) is 2.53. The zero-order chi connectivity index (χ0) is 13.0. The van der Waals surface area contributed by atoms with Crippen LogP contribution in [0.4, 0.5) is 0 Å². The number of likely N-dealkylation sites (N-methyl/N-ethyl adjacent to an activating group) is 1. The first-order valence-corrected chi connectivity index (χ1v) is 7.74. The fourth-order valence-corrected chi connectivity index (χ4v) is 3.25. The van der Waals surface area contributed by atoms with Gasteiger partial charge in [-0.25, -0.2) is 0 Å². The quantitative estimate of drug-likeness (QED) is 0.870. The second kappa shape index (κ2) is 6.69. The number of hydrogen-bond donors (Lipinski definition) is 1. The summed E-state index contributed by atoms with van der Waals surface area (Å²) < 4.78 is 1.17. The van der Waals surface area contributed by atoms with Gasteiger partial charge in [0.05, 0.1) is 0 Å². The molecule has 1 saturated carbocycles. The van der Waals surface area contributed by atoms with Gasteiger partial charge < -0.3 is 5.73 Å². The molecule has 0 aliphatic heterocycles. The molecule has 1 aromatic carbocycles. The molecule has 0 heterocycles. The van der Waals surface area contributed by atoms with Crippen molar-refractivity contribution < 1.29 is 0 Å². The van der Waals surface area contributed by atoms with Crippen LogP contribution >= 0.6 is 15.9 Å². The fraction of sp³-hybridized carbons (Fsp3) is 0.600. The predicted molar refractivity (Wildman–Crippen MR) is 80.5 cm³/mol. The van der Waals surface area contributed by atoms with Gasteiger partial charge in [0, 0.05) is 23.6 Å². The van der Waals surface area contributed by atoms with Gasteiger partial charge in [-0.15, -0.1) is 0 Å². The highest BCUT2D eigenvalue weighted by molar-refractivity contribution is 9.10. The van der Waals surface area contributed by atoms with Crippen LogP contribution in [0.5, 0.6) is 0 Å². The summed E-state index contributed by atoms with van der Waals surface area (Å²) >= 11 is 3.65. The molecule has 2 N–H and O–H groups in total. The van der Waals surface area contributed by atoms with Crippen LogP contribution in [0.2, 0.25) is 0 Å². The topological polar surface area (TPSA) is 29.3 Å². The molecule has 0 bridgehead atoms. The van der Waals surface area contributed by atoms with E-state index >= 15 is 0 Å². The average molecular weight is 311 g/mol. The number of hydrogen-bond acceptors (Lipinski definition) is 2. The lowest BCUT2D eigenvalue weighted by molar-refractivity contribution is 0.141. The monoisotopic (exact) mass is 310 g/mol. The van der Waals surface area contributed by atoms with Gasteiger partial charge in [-0.05, 0) is 36.9 Å². The largest absolute Gasteiger partial charge is 0.329 e. The molecular weight excluding hydrogens is 288 g/mol. The number of nitrogens with two attached hydrogens (primary N) is 1. The Morgan fingerprint density at radius 2 is 2.11 bits per heavy atom. The van der Waals surface area contributed by atoms with Crippen molar-refractivity contribution in [2.24, 2.45) is 11.7 Å². The lowest BCUT2D eigenvalue weighted by Crippen LogP contribution is -2.38. The molecule has 0 radical (unpaired) electrons. The Morgan fingerprint density at radius 1 is 1.39 bits per heavy atom. The zero-order valence-corrected chi connectivity index (χ0v) is 12.7. The fourth-order valence-electron chi connectivity index (χ4n) is 2.70. The van der Waals surface area contributed by atoms with Crippen molar-refractivity contribution in [2.75, 3.05) is 19.6 Å². The van der Waals surface area contributed by atoms with Gasteiger partial charge in [-0.2, -0.15) is 0 Å². The maximum atomic E-state index is 6.02. The van der Waals surface area contributed by atoms with Gasteiger partial charge in [0.15, 0.2) is 0 Å². The van der Waals surface area contributed by atoms with Crippen LogP contribution in [-0.2, 0) is 0 Å². The van der Waals surface area contributed by atoms with Crippen LogP contribution in [0.25, 0.3) is 0 Å². The second-order valence-corrected chi connectivity index (χ2v) is 6.01. The first-order chi connectivity index (χ1) is 8.76. The highest BCUT2D eigenvalue weighted by Crippen LogP contribution is 2.32. The van der Waals surface area contributed by atoms with Crippen molar-refractivity contribution in [2.45, 2.75) is 32.2 Å². The van der Waals surface area contributed by atoms with Crippen LogP contribution in [0, 0.1) is 5.92 Å². The molecule has 1 unspecified atom stereocenters. The summed E-state index contributed by atoms with van der Waals surface area (Å²) in [6, 6.07) is 8.79. The molecule has 1 aliphatic carbocycles. The third kappa shape index (κ3) is 3.14. The first-order valence-electron chi connectivity index (χ1n) is 6.94. The minimum atomic E-state index is 0.339. The van der Waals surface area contributed by atoms with Crippen molar-refractivity contribution in [3.05, 3.63) is 34.3 Å². The molecular formula is C15H23BrN2. The molecule has 1 fully saturated rings. The van der Waals surface area contributed by atoms with E-state index in [-0.39, 0.29) is 0 Å². The van der Waals surface area contributed by atoms with Gasteiger partial charge in [-0.1, -0.05) is 47.5 Å². The predicted octanol–water partition coefficient (Wildman–Crippen LogP) is 3.57. The Morgan fingerprint density at radius 3 is 2.61 bits per heavy atom. The van der Waals surface area contributed by atoms with Gasteiger partial charge in [-0.3, -0.25) is 4.90 Å². The van der Waals surface area contributed by atoms with E-state index in [2.05, 4.69) is 52.0 Å². The summed E-state index contributed by atoms with van der Waals surface area (Å²) in [7, 11) is 0.